The number of phenolic OH excluding ortho intramolecular Hbond substituents is 2. The number of aliphatic hydroxyl groups is 3. The lowest BCUT2D eigenvalue weighted by Gasteiger charge is -2.45. The summed E-state index contributed by atoms with van der Waals surface area (Å²) in [5, 5.41) is 52.5. The first-order valence-corrected chi connectivity index (χ1v) is 14.2. The van der Waals surface area contributed by atoms with Crippen molar-refractivity contribution in [2.45, 2.75) is 48.9 Å². The topological polar surface area (TPSA) is 187 Å². The summed E-state index contributed by atoms with van der Waals surface area (Å²) < 4.78 is 43.9. The number of ether oxygens (including phenoxy) is 3. The summed E-state index contributed by atoms with van der Waals surface area (Å²) >= 11 is 0. The van der Waals surface area contributed by atoms with Crippen molar-refractivity contribution >= 4 is 16.0 Å². The van der Waals surface area contributed by atoms with Crippen molar-refractivity contribution in [3.63, 3.8) is 0 Å². The van der Waals surface area contributed by atoms with E-state index in [1.54, 1.807) is 24.3 Å². The van der Waals surface area contributed by atoms with Crippen LogP contribution in [0.5, 0.6) is 17.2 Å². The molecule has 2 aromatic rings. The van der Waals surface area contributed by atoms with Crippen molar-refractivity contribution in [1.29, 1.82) is 0 Å². The van der Waals surface area contributed by atoms with E-state index in [0.29, 0.717) is 0 Å². The van der Waals surface area contributed by atoms with Gasteiger partial charge in [0.05, 0.1) is 24.2 Å². The number of rotatable bonds is 6. The van der Waals surface area contributed by atoms with Crippen LogP contribution >= 0.6 is 0 Å². The van der Waals surface area contributed by atoms with Gasteiger partial charge in [0.15, 0.2) is 17.6 Å². The Balaban J connectivity index is 1.44. The van der Waals surface area contributed by atoms with Crippen LogP contribution in [0.1, 0.15) is 33.2 Å². The summed E-state index contributed by atoms with van der Waals surface area (Å²) in [5.41, 5.74) is 0.716. The fraction of sp³-hybridized carbons (Fsp3) is 0.500. The molecule has 3 aliphatic rings. The molecule has 218 valence electrons. The molecule has 5 N–H and O–H groups in total. The van der Waals surface area contributed by atoms with Crippen molar-refractivity contribution < 1.29 is 53.0 Å². The van der Waals surface area contributed by atoms with Crippen LogP contribution in [0, 0.1) is 6.92 Å². The molecule has 5 atom stereocenters. The van der Waals surface area contributed by atoms with Gasteiger partial charge >= 0.3 is 5.97 Å². The second kappa shape index (κ2) is 10.8. The van der Waals surface area contributed by atoms with Gasteiger partial charge in [-0.1, -0.05) is 17.7 Å². The van der Waals surface area contributed by atoms with Crippen LogP contribution in [0.4, 0.5) is 0 Å². The third-order valence-corrected chi connectivity index (χ3v) is 9.63. The number of hydrogen-bond acceptors (Lipinski definition) is 12. The van der Waals surface area contributed by atoms with Crippen molar-refractivity contribution in [2.75, 3.05) is 39.9 Å². The van der Waals surface area contributed by atoms with Crippen molar-refractivity contribution in [1.82, 2.24) is 9.21 Å². The number of sulfonamides is 1. The lowest BCUT2D eigenvalue weighted by atomic mass is 9.84. The monoisotopic (exact) mass is 580 g/mol. The number of hydrogen-bond donors (Lipinski definition) is 5. The zero-order chi connectivity index (χ0) is 28.9. The van der Waals surface area contributed by atoms with Gasteiger partial charge < -0.3 is 39.7 Å². The number of fused-ring (bicyclic) bond motifs is 3. The zero-order valence-electron chi connectivity index (χ0n) is 21.9. The summed E-state index contributed by atoms with van der Waals surface area (Å²) in [4.78, 5) is 15.2. The molecule has 0 spiro atoms. The Morgan fingerprint density at radius 3 is 2.27 bits per heavy atom. The molecule has 1 unspecified atom stereocenters. The lowest BCUT2D eigenvalue weighted by molar-refractivity contribution is -0.235. The van der Waals surface area contributed by atoms with E-state index >= 15 is 0 Å². The average Bonchev–Trinajstić information content (AvgIpc) is 2.93. The van der Waals surface area contributed by atoms with Gasteiger partial charge in [0.2, 0.25) is 15.8 Å². The Morgan fingerprint density at radius 1 is 1.02 bits per heavy atom. The van der Waals surface area contributed by atoms with Crippen LogP contribution in [-0.4, -0.2) is 113 Å². The Morgan fingerprint density at radius 2 is 1.68 bits per heavy atom. The van der Waals surface area contributed by atoms with Crippen LogP contribution in [0.2, 0.25) is 0 Å². The minimum atomic E-state index is -3.70. The molecule has 2 saturated heterocycles. The third kappa shape index (κ3) is 4.68. The summed E-state index contributed by atoms with van der Waals surface area (Å²) in [6, 6.07) is 6.59. The molecular weight excluding hydrogens is 548 g/mol. The molecule has 0 aromatic heterocycles. The van der Waals surface area contributed by atoms with Gasteiger partial charge in [-0.25, -0.2) is 13.2 Å². The number of aromatic hydroxyl groups is 2. The Kier molecular flexibility index (Phi) is 7.69. The maximum absolute atomic E-state index is 13.2. The van der Waals surface area contributed by atoms with E-state index in [1.807, 2.05) is 11.8 Å². The number of esters is 1. The van der Waals surface area contributed by atoms with Crippen molar-refractivity contribution in [3.8, 4) is 17.2 Å². The average molecular weight is 581 g/mol. The molecule has 0 bridgehead atoms. The molecule has 0 aliphatic carbocycles. The van der Waals surface area contributed by atoms with Crippen LogP contribution < -0.4 is 4.74 Å². The highest BCUT2D eigenvalue weighted by Crippen LogP contribution is 2.52. The smallest absolute Gasteiger partial charge is 0.339 e. The highest BCUT2D eigenvalue weighted by Gasteiger charge is 2.53. The third-order valence-electron chi connectivity index (χ3n) is 7.72. The van der Waals surface area contributed by atoms with E-state index in [0.717, 1.165) is 5.56 Å². The van der Waals surface area contributed by atoms with Gasteiger partial charge in [-0.05, 0) is 19.1 Å². The van der Waals surface area contributed by atoms with Gasteiger partial charge in [-0.15, -0.1) is 0 Å². The SMILES string of the molecule is COc1c(O)c(CN2CCN(S(=O)(=O)c3ccc(C)cc3)CC2)c2c(c1O)[C@@H]1O[C@H](CO)[C@@H](O)[C@H](O)C1OC2=O. The molecule has 5 rings (SSSR count). The number of methoxy groups -OCH3 is 1. The second-order valence-corrected chi connectivity index (χ2v) is 12.1. The molecule has 2 fully saturated rings. The zero-order valence-corrected chi connectivity index (χ0v) is 22.7. The fourth-order valence-electron chi connectivity index (χ4n) is 5.48. The molecule has 2 aromatic carbocycles. The maximum Gasteiger partial charge on any atom is 0.339 e. The van der Waals surface area contributed by atoms with E-state index in [2.05, 4.69) is 0 Å². The predicted octanol–water partition coefficient (Wildman–Crippen LogP) is -0.386. The van der Waals surface area contributed by atoms with Crippen molar-refractivity contribution in [2.24, 2.45) is 0 Å². The van der Waals surface area contributed by atoms with Crippen LogP contribution in [0.3, 0.4) is 0 Å². The van der Waals surface area contributed by atoms with Gasteiger partial charge in [0.1, 0.15) is 24.4 Å². The Labute approximate surface area is 230 Å². The van der Waals surface area contributed by atoms with Crippen molar-refractivity contribution in [3.05, 3.63) is 46.5 Å². The summed E-state index contributed by atoms with van der Waals surface area (Å²) in [7, 11) is -2.49. The number of aryl methyl sites for hydroxylation is 1. The minimum absolute atomic E-state index is 0.0235. The quantitative estimate of drug-likeness (QED) is 0.279. The van der Waals surface area contributed by atoms with Gasteiger partial charge in [-0.2, -0.15) is 4.31 Å². The molecule has 3 aliphatic heterocycles. The predicted molar refractivity (Wildman–Crippen MR) is 137 cm³/mol. The minimum Gasteiger partial charge on any atom is -0.504 e. The molecule has 0 saturated carbocycles. The highest BCUT2D eigenvalue weighted by atomic mass is 32.2. The Hall–Kier alpha value is -2.98. The lowest BCUT2D eigenvalue weighted by Crippen LogP contribution is -2.58. The van der Waals surface area contributed by atoms with Gasteiger partial charge in [-0.3, -0.25) is 4.90 Å². The Bertz CT molecular complexity index is 1390. The van der Waals surface area contributed by atoms with Crippen LogP contribution in [-0.2, 0) is 26.0 Å². The molecule has 40 heavy (non-hydrogen) atoms. The molecule has 13 nitrogen and oxygen atoms in total. The number of carbonyl (C=O) groups excluding carboxylic acids is 1. The summed E-state index contributed by atoms with van der Waals surface area (Å²) in [5.74, 6) is -2.39. The van der Waals surface area contributed by atoms with E-state index in [9.17, 15) is 38.7 Å². The number of aliphatic hydroxyl groups excluding tert-OH is 3. The summed E-state index contributed by atoms with van der Waals surface area (Å²) in [6.07, 6.45) is -7.05. The highest BCUT2D eigenvalue weighted by molar-refractivity contribution is 7.89. The number of benzene rings is 2. The van der Waals surface area contributed by atoms with E-state index in [4.69, 9.17) is 14.2 Å². The first-order valence-electron chi connectivity index (χ1n) is 12.8. The number of phenols is 2. The molecule has 0 amide bonds. The fourth-order valence-corrected chi connectivity index (χ4v) is 6.90. The van der Waals surface area contributed by atoms with E-state index in [-0.39, 0.29) is 60.1 Å². The van der Waals surface area contributed by atoms with Crippen LogP contribution in [0.25, 0.3) is 0 Å². The first kappa shape index (κ1) is 28.5. The van der Waals surface area contributed by atoms with E-state index < -0.39 is 64.6 Å². The molecular formula is C26H32N2O11S. The molecule has 3 heterocycles. The standard InChI is InChI=1S/C26H32N2O11S/c1-13-3-5-14(6-4-13)40(35,36)28-9-7-27(8-10-28)11-15-17-18(21(32)24(37-2)19(15)30)23-25(39-26(17)34)22(33)20(31)16(12-29)38-23/h3-6,16,20,22-23,25,29-33H,7-12H2,1-2H3/t16-,20-,22+,23+,25?/m1/s1. The number of carbonyl (C=O) groups is 1. The summed E-state index contributed by atoms with van der Waals surface area (Å²) in [6.45, 7) is 2.07. The number of nitrogens with zero attached hydrogens (tertiary/aromatic N) is 2. The van der Waals surface area contributed by atoms with Gasteiger partial charge in [0, 0.05) is 43.9 Å². The largest absolute Gasteiger partial charge is 0.504 e. The molecule has 0 radical (unpaired) electrons. The second-order valence-electron chi connectivity index (χ2n) is 10.1. The maximum atomic E-state index is 13.2. The van der Waals surface area contributed by atoms with Gasteiger partial charge in [0.25, 0.3) is 0 Å². The first-order chi connectivity index (χ1) is 19.0. The normalized spacial score (nSPS) is 27.5. The molecule has 14 heteroatoms. The van der Waals surface area contributed by atoms with E-state index in [1.165, 1.54) is 11.4 Å². The van der Waals surface area contributed by atoms with Crippen LogP contribution in [0.15, 0.2) is 29.2 Å². The number of piperazine rings is 1.